The van der Waals surface area contributed by atoms with Gasteiger partial charge in [0.05, 0.1) is 17.1 Å². The van der Waals surface area contributed by atoms with Crippen LogP contribution in [0.25, 0.3) is 0 Å². The van der Waals surface area contributed by atoms with Crippen LogP contribution in [0.3, 0.4) is 0 Å². The van der Waals surface area contributed by atoms with Crippen molar-refractivity contribution in [2.75, 3.05) is 30.0 Å². The van der Waals surface area contributed by atoms with E-state index in [4.69, 9.17) is 11.6 Å². The predicted molar refractivity (Wildman–Crippen MR) is 143 cm³/mol. The number of aryl methyl sites for hydroxylation is 2. The summed E-state index contributed by atoms with van der Waals surface area (Å²) in [5.41, 5.74) is 3.20. The third kappa shape index (κ3) is 5.73. The van der Waals surface area contributed by atoms with Crippen LogP contribution in [0.5, 0.6) is 0 Å². The molecule has 1 saturated carbocycles. The van der Waals surface area contributed by atoms with Crippen LogP contribution in [0, 0.1) is 19.7 Å². The lowest BCUT2D eigenvalue weighted by Gasteiger charge is -2.45. The molecule has 0 atom stereocenters. The van der Waals surface area contributed by atoms with Gasteiger partial charge in [-0.1, -0.05) is 11.6 Å². The lowest BCUT2D eigenvalue weighted by Crippen LogP contribution is -2.51. The zero-order valence-corrected chi connectivity index (χ0v) is 22.6. The van der Waals surface area contributed by atoms with Crippen molar-refractivity contribution in [2.24, 2.45) is 0 Å². The standard InChI is InChI=1S/C25H31ClFN7O2S/c1-14-8-22(29-25-28-13-20(26)24(31-25)30-23-9-15(2)32-33-23)21(27)12-19(14)16-4-6-34(7-5-16)17-10-18(11-17)37(3,35)36/h8-9,12-13,16-18H,4-7,10-11H2,1-3H3,(H3,28,29,30,31,32,33). The summed E-state index contributed by atoms with van der Waals surface area (Å²) in [6.45, 7) is 5.67. The van der Waals surface area contributed by atoms with Crippen LogP contribution in [0.1, 0.15) is 48.4 Å². The summed E-state index contributed by atoms with van der Waals surface area (Å²) in [6.07, 6.45) is 6.08. The van der Waals surface area contributed by atoms with Crippen LogP contribution in [0.4, 0.5) is 27.7 Å². The van der Waals surface area contributed by atoms with Crippen LogP contribution in [-0.4, -0.2) is 64.1 Å². The number of aromatic nitrogens is 4. The SMILES string of the molecule is Cc1cc(Nc2nc(Nc3cc(C)c(C4CCN(C5CC(S(C)(=O)=O)C5)CC4)cc3F)ncc2Cl)n[nH]1. The van der Waals surface area contributed by atoms with Crippen LogP contribution < -0.4 is 10.6 Å². The second-order valence-electron chi connectivity index (χ2n) is 10.2. The number of likely N-dealkylation sites (tertiary alicyclic amines) is 1. The van der Waals surface area contributed by atoms with Crippen molar-refractivity contribution in [3.05, 3.63) is 52.1 Å². The number of aromatic amines is 1. The van der Waals surface area contributed by atoms with E-state index >= 15 is 4.39 Å². The van der Waals surface area contributed by atoms with E-state index in [-0.39, 0.29) is 22.9 Å². The second kappa shape index (κ2) is 10.2. The highest BCUT2D eigenvalue weighted by molar-refractivity contribution is 7.91. The van der Waals surface area contributed by atoms with Gasteiger partial charge in [-0.2, -0.15) is 10.1 Å². The number of nitrogens with zero attached hydrogens (tertiary/aromatic N) is 4. The summed E-state index contributed by atoms with van der Waals surface area (Å²) < 4.78 is 38.6. The van der Waals surface area contributed by atoms with Gasteiger partial charge in [-0.3, -0.25) is 5.10 Å². The molecule has 0 spiro atoms. The minimum absolute atomic E-state index is 0.197. The summed E-state index contributed by atoms with van der Waals surface area (Å²) in [5, 5.41) is 13.1. The summed E-state index contributed by atoms with van der Waals surface area (Å²) in [4.78, 5) is 11.0. The number of piperidine rings is 1. The van der Waals surface area contributed by atoms with Crippen LogP contribution >= 0.6 is 11.6 Å². The largest absolute Gasteiger partial charge is 0.322 e. The molecule has 1 aliphatic carbocycles. The Kier molecular flexibility index (Phi) is 7.12. The first-order valence-electron chi connectivity index (χ1n) is 12.4. The maximum Gasteiger partial charge on any atom is 0.229 e. The first-order chi connectivity index (χ1) is 17.6. The normalized spacial score (nSPS) is 21.0. The Bertz CT molecular complexity index is 1400. The molecule has 1 aromatic carbocycles. The lowest BCUT2D eigenvalue weighted by atomic mass is 9.83. The average Bonchev–Trinajstić information content (AvgIpc) is 3.21. The predicted octanol–water partition coefficient (Wildman–Crippen LogP) is 4.85. The quantitative estimate of drug-likeness (QED) is 0.384. The second-order valence-corrected chi connectivity index (χ2v) is 12.9. The first-order valence-corrected chi connectivity index (χ1v) is 14.7. The Morgan fingerprint density at radius 2 is 1.86 bits per heavy atom. The van der Waals surface area contributed by atoms with Gasteiger partial charge in [0.15, 0.2) is 11.6 Å². The highest BCUT2D eigenvalue weighted by Crippen LogP contribution is 2.38. The Labute approximate surface area is 221 Å². The molecular weight excluding hydrogens is 517 g/mol. The molecule has 1 aliphatic heterocycles. The molecule has 0 radical (unpaired) electrons. The molecule has 3 N–H and O–H groups in total. The van der Waals surface area contributed by atoms with Crippen molar-refractivity contribution in [3.8, 4) is 0 Å². The van der Waals surface area contributed by atoms with Crippen molar-refractivity contribution >= 4 is 44.7 Å². The van der Waals surface area contributed by atoms with Gasteiger partial charge in [0, 0.05) is 24.1 Å². The topological polar surface area (TPSA) is 116 Å². The highest BCUT2D eigenvalue weighted by atomic mass is 35.5. The minimum atomic E-state index is -2.94. The van der Waals surface area contributed by atoms with E-state index in [1.807, 2.05) is 19.9 Å². The van der Waals surface area contributed by atoms with Gasteiger partial charge >= 0.3 is 0 Å². The monoisotopic (exact) mass is 547 g/mol. The molecular formula is C25H31ClFN7O2S. The average molecular weight is 548 g/mol. The molecule has 9 nitrogen and oxygen atoms in total. The van der Waals surface area contributed by atoms with E-state index in [1.54, 1.807) is 12.1 Å². The molecule has 3 aromatic rings. The smallest absolute Gasteiger partial charge is 0.229 e. The van der Waals surface area contributed by atoms with E-state index in [0.717, 1.165) is 55.6 Å². The number of hydrogen-bond acceptors (Lipinski definition) is 8. The van der Waals surface area contributed by atoms with Crippen molar-refractivity contribution in [1.29, 1.82) is 0 Å². The molecule has 2 aromatic heterocycles. The zero-order chi connectivity index (χ0) is 26.3. The summed E-state index contributed by atoms with van der Waals surface area (Å²) in [6, 6.07) is 5.57. The summed E-state index contributed by atoms with van der Waals surface area (Å²) >= 11 is 6.23. The number of halogens is 2. The zero-order valence-electron chi connectivity index (χ0n) is 21.1. The van der Waals surface area contributed by atoms with E-state index < -0.39 is 9.84 Å². The van der Waals surface area contributed by atoms with Gasteiger partial charge in [-0.05, 0) is 81.8 Å². The maximum absolute atomic E-state index is 15.2. The fraction of sp³-hybridized carbons (Fsp3) is 0.480. The van der Waals surface area contributed by atoms with E-state index in [2.05, 4.69) is 35.7 Å². The van der Waals surface area contributed by atoms with Gasteiger partial charge in [0.1, 0.15) is 20.7 Å². The number of hydrogen-bond donors (Lipinski definition) is 3. The number of nitrogens with one attached hydrogen (secondary N) is 3. The van der Waals surface area contributed by atoms with Gasteiger partial charge in [-0.15, -0.1) is 0 Å². The first kappa shape index (κ1) is 25.9. The molecule has 37 heavy (non-hydrogen) atoms. The van der Waals surface area contributed by atoms with Crippen LogP contribution in [0.2, 0.25) is 5.02 Å². The Hall–Kier alpha value is -2.76. The Morgan fingerprint density at radius 3 is 2.51 bits per heavy atom. The fourth-order valence-electron chi connectivity index (χ4n) is 5.23. The lowest BCUT2D eigenvalue weighted by molar-refractivity contribution is 0.0995. The summed E-state index contributed by atoms with van der Waals surface area (Å²) in [5.74, 6) is 1.04. The van der Waals surface area contributed by atoms with Crippen molar-refractivity contribution in [3.63, 3.8) is 0 Å². The van der Waals surface area contributed by atoms with Gasteiger partial charge in [0.2, 0.25) is 5.95 Å². The van der Waals surface area contributed by atoms with Gasteiger partial charge < -0.3 is 15.5 Å². The van der Waals surface area contributed by atoms with Crippen LogP contribution in [-0.2, 0) is 9.84 Å². The Balaban J connectivity index is 1.23. The molecule has 1 saturated heterocycles. The molecule has 3 heterocycles. The molecule has 5 rings (SSSR count). The number of sulfone groups is 1. The molecule has 0 bridgehead atoms. The maximum atomic E-state index is 15.2. The third-order valence-electron chi connectivity index (χ3n) is 7.46. The van der Waals surface area contributed by atoms with Crippen molar-refractivity contribution < 1.29 is 12.8 Å². The summed E-state index contributed by atoms with van der Waals surface area (Å²) in [7, 11) is -2.94. The van der Waals surface area contributed by atoms with Gasteiger partial charge in [-0.25, -0.2) is 17.8 Å². The molecule has 2 fully saturated rings. The number of H-pyrrole nitrogens is 1. The number of anilines is 4. The van der Waals surface area contributed by atoms with Crippen molar-refractivity contribution in [2.45, 2.75) is 56.7 Å². The third-order valence-corrected chi connectivity index (χ3v) is 9.33. The molecule has 12 heteroatoms. The number of benzene rings is 1. The van der Waals surface area contributed by atoms with Crippen molar-refractivity contribution in [1.82, 2.24) is 25.1 Å². The van der Waals surface area contributed by atoms with Crippen LogP contribution in [0.15, 0.2) is 24.4 Å². The highest BCUT2D eigenvalue weighted by Gasteiger charge is 2.40. The van der Waals surface area contributed by atoms with E-state index in [0.29, 0.717) is 28.4 Å². The molecule has 0 amide bonds. The molecule has 0 unspecified atom stereocenters. The van der Waals surface area contributed by atoms with E-state index in [9.17, 15) is 8.42 Å². The van der Waals surface area contributed by atoms with Gasteiger partial charge in [0.25, 0.3) is 0 Å². The molecule has 198 valence electrons. The van der Waals surface area contributed by atoms with E-state index in [1.165, 1.54) is 12.5 Å². The fourth-order valence-corrected chi connectivity index (χ4v) is 6.51. The number of rotatable bonds is 7. The Morgan fingerprint density at radius 1 is 1.14 bits per heavy atom. The minimum Gasteiger partial charge on any atom is -0.322 e. The molecule has 2 aliphatic rings.